The summed E-state index contributed by atoms with van der Waals surface area (Å²) < 4.78 is 30.9. The molecule has 0 N–H and O–H groups in total. The van der Waals surface area contributed by atoms with E-state index in [4.69, 9.17) is 14.2 Å². The van der Waals surface area contributed by atoms with E-state index in [9.17, 15) is 14.0 Å². The minimum absolute atomic E-state index is 0.0469. The van der Waals surface area contributed by atoms with Gasteiger partial charge in [-0.05, 0) is 83.2 Å². The fourth-order valence-electron chi connectivity index (χ4n) is 5.19. The topological polar surface area (TPSA) is 68.3 Å². The van der Waals surface area contributed by atoms with Crippen molar-refractivity contribution in [2.45, 2.75) is 77.7 Å². The molecule has 2 aromatic carbocycles. The highest BCUT2D eigenvalue weighted by atomic mass is 19.1. The van der Waals surface area contributed by atoms with Crippen molar-refractivity contribution in [1.82, 2.24) is 9.80 Å². The van der Waals surface area contributed by atoms with Crippen LogP contribution in [-0.4, -0.2) is 65.9 Å². The molecular weight excluding hydrogens is 499 g/mol. The normalized spacial score (nSPS) is 21.8. The van der Waals surface area contributed by atoms with Gasteiger partial charge >= 0.3 is 6.09 Å². The van der Waals surface area contributed by atoms with E-state index < -0.39 is 5.60 Å². The number of carbonyl (C=O) groups excluding carboxylic acids is 2. The van der Waals surface area contributed by atoms with E-state index in [2.05, 4.69) is 0 Å². The lowest BCUT2D eigenvalue weighted by Crippen LogP contribution is -2.51. The molecule has 0 aromatic heterocycles. The van der Waals surface area contributed by atoms with Crippen molar-refractivity contribution in [1.29, 1.82) is 0 Å². The SMILES string of the molecule is Cc1ccc(OCC2CN(C(=O)C3CCC(N(Cc4ccc(F)cc4)C(=O)OC(C)(C)C)CC3)CCO2)cc1. The molecule has 0 bridgehead atoms. The molecule has 0 spiro atoms. The molecule has 7 nitrogen and oxygen atoms in total. The van der Waals surface area contributed by atoms with E-state index in [1.165, 1.54) is 17.7 Å². The number of nitrogens with zero attached hydrogens (tertiary/aromatic N) is 2. The highest BCUT2D eigenvalue weighted by Crippen LogP contribution is 2.31. The Hall–Kier alpha value is -3.13. The van der Waals surface area contributed by atoms with E-state index in [0.717, 1.165) is 11.3 Å². The second-order valence-corrected chi connectivity index (χ2v) is 11.6. The number of amides is 2. The van der Waals surface area contributed by atoms with E-state index in [1.54, 1.807) is 17.0 Å². The molecule has 1 unspecified atom stereocenters. The van der Waals surface area contributed by atoms with Gasteiger partial charge in [0.1, 0.15) is 29.9 Å². The smallest absolute Gasteiger partial charge is 0.410 e. The van der Waals surface area contributed by atoms with E-state index in [0.29, 0.717) is 58.5 Å². The zero-order valence-electron chi connectivity index (χ0n) is 23.5. The first-order chi connectivity index (χ1) is 18.6. The average Bonchev–Trinajstić information content (AvgIpc) is 2.91. The number of halogens is 1. The first-order valence-electron chi connectivity index (χ1n) is 13.9. The highest BCUT2D eigenvalue weighted by Gasteiger charge is 2.36. The van der Waals surface area contributed by atoms with Crippen LogP contribution < -0.4 is 4.74 Å². The van der Waals surface area contributed by atoms with Gasteiger partial charge in [-0.25, -0.2) is 9.18 Å². The quantitative estimate of drug-likeness (QED) is 0.448. The molecule has 2 aromatic rings. The Kier molecular flexibility index (Phi) is 9.49. The van der Waals surface area contributed by atoms with Gasteiger partial charge in [-0.15, -0.1) is 0 Å². The summed E-state index contributed by atoms with van der Waals surface area (Å²) in [6.45, 7) is 9.89. The van der Waals surface area contributed by atoms with Crippen LogP contribution in [-0.2, 0) is 20.8 Å². The number of rotatable bonds is 7. The Balaban J connectivity index is 1.32. The van der Waals surface area contributed by atoms with E-state index in [1.807, 2.05) is 56.9 Å². The zero-order valence-corrected chi connectivity index (χ0v) is 23.5. The lowest BCUT2D eigenvalue weighted by Gasteiger charge is -2.39. The van der Waals surface area contributed by atoms with Crippen LogP contribution in [0.2, 0.25) is 0 Å². The zero-order chi connectivity index (χ0) is 28.0. The van der Waals surface area contributed by atoms with Gasteiger partial charge in [0.2, 0.25) is 5.91 Å². The number of carbonyl (C=O) groups is 2. The molecule has 8 heteroatoms. The minimum atomic E-state index is -0.624. The van der Waals surface area contributed by atoms with Gasteiger partial charge in [0.05, 0.1) is 13.2 Å². The molecule has 0 radical (unpaired) electrons. The molecule has 2 aliphatic rings. The molecule has 2 amide bonds. The molecule has 1 saturated heterocycles. The fourth-order valence-corrected chi connectivity index (χ4v) is 5.19. The van der Waals surface area contributed by atoms with Gasteiger partial charge in [0, 0.05) is 25.0 Å². The van der Waals surface area contributed by atoms with Gasteiger partial charge in [-0.2, -0.15) is 0 Å². The number of benzene rings is 2. The summed E-state index contributed by atoms with van der Waals surface area (Å²) in [5.41, 5.74) is 1.39. The number of ether oxygens (including phenoxy) is 3. The van der Waals surface area contributed by atoms with Crippen molar-refractivity contribution < 1.29 is 28.2 Å². The van der Waals surface area contributed by atoms with Gasteiger partial charge < -0.3 is 24.0 Å². The summed E-state index contributed by atoms with van der Waals surface area (Å²) in [6.07, 6.45) is 2.27. The van der Waals surface area contributed by atoms with Gasteiger partial charge in [-0.3, -0.25) is 4.79 Å². The predicted octanol–water partition coefficient (Wildman–Crippen LogP) is 5.74. The van der Waals surface area contributed by atoms with Crippen molar-refractivity contribution in [3.05, 3.63) is 65.5 Å². The Bertz CT molecular complexity index is 1090. The van der Waals surface area contributed by atoms with Crippen LogP contribution in [0.25, 0.3) is 0 Å². The minimum Gasteiger partial charge on any atom is -0.491 e. The monoisotopic (exact) mass is 540 g/mol. The van der Waals surface area contributed by atoms with Crippen LogP contribution in [0.3, 0.4) is 0 Å². The number of morpholine rings is 1. The largest absolute Gasteiger partial charge is 0.491 e. The molecule has 1 aliphatic heterocycles. The summed E-state index contributed by atoms with van der Waals surface area (Å²) in [5, 5.41) is 0. The van der Waals surface area contributed by atoms with Crippen molar-refractivity contribution in [3.8, 4) is 5.75 Å². The summed E-state index contributed by atoms with van der Waals surface area (Å²) in [5.74, 6) is 0.554. The van der Waals surface area contributed by atoms with Crippen LogP contribution in [0.5, 0.6) is 5.75 Å². The molecule has 1 aliphatic carbocycles. The predicted molar refractivity (Wildman–Crippen MR) is 147 cm³/mol. The maximum atomic E-state index is 13.4. The standard InChI is InChI=1S/C31H41FN2O5/c1-22-5-15-27(16-6-22)38-21-28-20-33(17-18-37-28)29(35)24-9-13-26(14-10-24)34(30(36)39-31(2,3)4)19-23-7-11-25(32)12-8-23/h5-8,11-12,15-16,24,26,28H,9-10,13-14,17-21H2,1-4H3. The molecule has 2 fully saturated rings. The molecular formula is C31H41FN2O5. The van der Waals surface area contributed by atoms with Crippen LogP contribution in [0.4, 0.5) is 9.18 Å². The highest BCUT2D eigenvalue weighted by molar-refractivity contribution is 5.79. The molecule has 39 heavy (non-hydrogen) atoms. The summed E-state index contributed by atoms with van der Waals surface area (Å²) >= 11 is 0. The lowest BCUT2D eigenvalue weighted by atomic mass is 9.84. The average molecular weight is 541 g/mol. The van der Waals surface area contributed by atoms with Gasteiger partial charge in [0.25, 0.3) is 0 Å². The van der Waals surface area contributed by atoms with Crippen LogP contribution in [0.15, 0.2) is 48.5 Å². The molecule has 4 rings (SSSR count). The van der Waals surface area contributed by atoms with Crippen molar-refractivity contribution >= 4 is 12.0 Å². The van der Waals surface area contributed by atoms with Gasteiger partial charge in [0.15, 0.2) is 0 Å². The Morgan fingerprint density at radius 3 is 2.33 bits per heavy atom. The summed E-state index contributed by atoms with van der Waals surface area (Å²) in [7, 11) is 0. The van der Waals surface area contributed by atoms with Gasteiger partial charge in [-0.1, -0.05) is 29.8 Å². The van der Waals surface area contributed by atoms with Crippen LogP contribution >= 0.6 is 0 Å². The lowest BCUT2D eigenvalue weighted by molar-refractivity contribution is -0.145. The Morgan fingerprint density at radius 1 is 1.03 bits per heavy atom. The van der Waals surface area contributed by atoms with E-state index in [-0.39, 0.29) is 35.9 Å². The van der Waals surface area contributed by atoms with Crippen molar-refractivity contribution in [2.24, 2.45) is 5.92 Å². The Morgan fingerprint density at radius 2 is 1.69 bits per heavy atom. The second-order valence-electron chi connectivity index (χ2n) is 11.6. The molecule has 1 saturated carbocycles. The molecule has 1 heterocycles. The Labute approximate surface area is 231 Å². The van der Waals surface area contributed by atoms with Crippen molar-refractivity contribution in [3.63, 3.8) is 0 Å². The molecule has 1 atom stereocenters. The maximum absolute atomic E-state index is 13.4. The third-order valence-electron chi connectivity index (χ3n) is 7.29. The van der Waals surface area contributed by atoms with E-state index >= 15 is 0 Å². The van der Waals surface area contributed by atoms with Crippen molar-refractivity contribution in [2.75, 3.05) is 26.3 Å². The second kappa shape index (κ2) is 12.8. The molecule has 212 valence electrons. The van der Waals surface area contributed by atoms with Crippen LogP contribution in [0.1, 0.15) is 57.6 Å². The fraction of sp³-hybridized carbons (Fsp3) is 0.548. The number of hydrogen-bond acceptors (Lipinski definition) is 5. The first-order valence-corrected chi connectivity index (χ1v) is 13.9. The summed E-state index contributed by atoms with van der Waals surface area (Å²) in [6, 6.07) is 14.0. The first kappa shape index (κ1) is 28.9. The number of aryl methyl sites for hydroxylation is 1. The third-order valence-corrected chi connectivity index (χ3v) is 7.29. The maximum Gasteiger partial charge on any atom is 0.410 e. The van der Waals surface area contributed by atoms with Crippen LogP contribution in [0, 0.1) is 18.7 Å². The number of hydrogen-bond donors (Lipinski definition) is 0. The third kappa shape index (κ3) is 8.43. The summed E-state index contributed by atoms with van der Waals surface area (Å²) in [4.78, 5) is 30.2.